The average Bonchev–Trinajstić information content (AvgIpc) is 2.61. The number of hydrogen-bond donors (Lipinski definition) is 1. The Bertz CT molecular complexity index is 520. The first-order valence-corrected chi connectivity index (χ1v) is 5.82. The van der Waals surface area contributed by atoms with Crippen LogP contribution in [0.4, 0.5) is 0 Å². The summed E-state index contributed by atoms with van der Waals surface area (Å²) in [7, 11) is 0. The Morgan fingerprint density at radius 2 is 2.25 bits per heavy atom. The van der Waals surface area contributed by atoms with Crippen molar-refractivity contribution in [3.8, 4) is 0 Å². The Hall–Kier alpha value is -1.35. The fraction of sp³-hybridized carbons (Fsp3) is 0.462. The molecule has 0 atom stereocenters. The summed E-state index contributed by atoms with van der Waals surface area (Å²) < 4.78 is 5.46. The Labute approximate surface area is 94.6 Å². The number of benzene rings is 1. The average molecular weight is 216 g/mol. The van der Waals surface area contributed by atoms with E-state index in [0.717, 1.165) is 16.7 Å². The van der Waals surface area contributed by atoms with E-state index >= 15 is 0 Å². The minimum atomic E-state index is 0.144. The van der Waals surface area contributed by atoms with Crippen LogP contribution in [0.3, 0.4) is 0 Å². The second kappa shape index (κ2) is 3.32. The minimum absolute atomic E-state index is 0.144. The summed E-state index contributed by atoms with van der Waals surface area (Å²) in [6, 6.07) is 6.28. The first-order chi connectivity index (χ1) is 7.77. The molecule has 3 heteroatoms. The molecule has 1 aliphatic carbocycles. The van der Waals surface area contributed by atoms with Crippen molar-refractivity contribution in [1.29, 1.82) is 0 Å². The van der Waals surface area contributed by atoms with Crippen molar-refractivity contribution in [3.05, 3.63) is 29.5 Å². The van der Waals surface area contributed by atoms with Crippen LogP contribution in [0.5, 0.6) is 0 Å². The standard InChI is InChI=1S/C13H16N2O/c1-9-10-4-2-5-11(12(10)16-15-9)13(8-14)6-3-7-13/h2,4-5H,3,6-8,14H2,1H3. The maximum absolute atomic E-state index is 5.94. The van der Waals surface area contributed by atoms with E-state index in [2.05, 4.69) is 23.4 Å². The Balaban J connectivity index is 2.23. The van der Waals surface area contributed by atoms with Gasteiger partial charge < -0.3 is 10.3 Å². The van der Waals surface area contributed by atoms with Crippen LogP contribution < -0.4 is 5.73 Å². The van der Waals surface area contributed by atoms with Crippen LogP contribution in [0.2, 0.25) is 0 Å². The number of nitrogens with zero attached hydrogens (tertiary/aromatic N) is 1. The van der Waals surface area contributed by atoms with Crippen LogP contribution in [0.15, 0.2) is 22.7 Å². The predicted molar refractivity (Wildman–Crippen MR) is 63.3 cm³/mol. The molecule has 3 nitrogen and oxygen atoms in total. The topological polar surface area (TPSA) is 52.0 Å². The number of rotatable bonds is 2. The normalized spacial score (nSPS) is 18.6. The fourth-order valence-electron chi connectivity index (χ4n) is 2.69. The van der Waals surface area contributed by atoms with Crippen molar-refractivity contribution in [2.45, 2.75) is 31.6 Å². The van der Waals surface area contributed by atoms with E-state index in [0.29, 0.717) is 6.54 Å². The quantitative estimate of drug-likeness (QED) is 0.839. The molecule has 2 aromatic rings. The summed E-state index contributed by atoms with van der Waals surface area (Å²) in [4.78, 5) is 0. The third-order valence-corrected chi connectivity index (χ3v) is 3.95. The van der Waals surface area contributed by atoms with Crippen molar-refractivity contribution < 1.29 is 4.52 Å². The molecule has 2 N–H and O–H groups in total. The van der Waals surface area contributed by atoms with Gasteiger partial charge in [0, 0.05) is 22.9 Å². The molecule has 0 radical (unpaired) electrons. The molecule has 84 valence electrons. The molecule has 0 aliphatic heterocycles. The van der Waals surface area contributed by atoms with Gasteiger partial charge in [-0.1, -0.05) is 23.7 Å². The number of aromatic nitrogens is 1. The van der Waals surface area contributed by atoms with Crippen molar-refractivity contribution in [2.24, 2.45) is 5.73 Å². The second-order valence-electron chi connectivity index (χ2n) is 4.79. The Morgan fingerprint density at radius 3 is 2.88 bits per heavy atom. The van der Waals surface area contributed by atoms with Crippen LogP contribution in [-0.2, 0) is 5.41 Å². The number of hydrogen-bond acceptors (Lipinski definition) is 3. The highest BCUT2D eigenvalue weighted by atomic mass is 16.5. The van der Waals surface area contributed by atoms with E-state index in [1.165, 1.54) is 24.8 Å². The number of para-hydroxylation sites is 1. The van der Waals surface area contributed by atoms with Gasteiger partial charge >= 0.3 is 0 Å². The summed E-state index contributed by atoms with van der Waals surface area (Å²) in [5, 5.41) is 5.17. The summed E-state index contributed by atoms with van der Waals surface area (Å²) in [6.07, 6.45) is 3.60. The lowest BCUT2D eigenvalue weighted by Gasteiger charge is -2.41. The molecule has 1 aromatic carbocycles. The number of nitrogens with two attached hydrogens (primary N) is 1. The van der Waals surface area contributed by atoms with E-state index in [4.69, 9.17) is 10.3 Å². The van der Waals surface area contributed by atoms with Crippen molar-refractivity contribution in [1.82, 2.24) is 5.16 Å². The van der Waals surface area contributed by atoms with E-state index in [1.807, 2.05) is 6.92 Å². The molecule has 0 saturated heterocycles. The van der Waals surface area contributed by atoms with Gasteiger partial charge in [0.05, 0.1) is 5.69 Å². The lowest BCUT2D eigenvalue weighted by atomic mass is 9.64. The van der Waals surface area contributed by atoms with Crippen molar-refractivity contribution in [3.63, 3.8) is 0 Å². The van der Waals surface area contributed by atoms with Gasteiger partial charge in [0.25, 0.3) is 0 Å². The van der Waals surface area contributed by atoms with E-state index in [9.17, 15) is 0 Å². The molecule has 1 aliphatic rings. The highest BCUT2D eigenvalue weighted by Crippen LogP contribution is 2.45. The lowest BCUT2D eigenvalue weighted by Crippen LogP contribution is -2.41. The van der Waals surface area contributed by atoms with Gasteiger partial charge in [0.1, 0.15) is 0 Å². The molecular formula is C13H16N2O. The van der Waals surface area contributed by atoms with Gasteiger partial charge in [-0.15, -0.1) is 0 Å². The van der Waals surface area contributed by atoms with Gasteiger partial charge in [-0.2, -0.15) is 0 Å². The van der Waals surface area contributed by atoms with Gasteiger partial charge in [0.2, 0.25) is 0 Å². The van der Waals surface area contributed by atoms with Gasteiger partial charge in [0.15, 0.2) is 5.58 Å². The fourth-order valence-corrected chi connectivity index (χ4v) is 2.69. The summed E-state index contributed by atoms with van der Waals surface area (Å²) in [5.41, 5.74) is 9.23. The second-order valence-corrected chi connectivity index (χ2v) is 4.79. The zero-order valence-electron chi connectivity index (χ0n) is 9.49. The zero-order valence-corrected chi connectivity index (χ0v) is 9.49. The predicted octanol–water partition coefficient (Wildman–Crippen LogP) is 2.52. The lowest BCUT2D eigenvalue weighted by molar-refractivity contribution is 0.251. The molecule has 0 bridgehead atoms. The summed E-state index contributed by atoms with van der Waals surface area (Å²) >= 11 is 0. The number of fused-ring (bicyclic) bond motifs is 1. The van der Waals surface area contributed by atoms with Crippen molar-refractivity contribution >= 4 is 11.0 Å². The first kappa shape index (κ1) is 9.85. The van der Waals surface area contributed by atoms with Crippen LogP contribution in [0, 0.1) is 6.92 Å². The molecule has 1 aromatic heterocycles. The molecule has 3 rings (SSSR count). The van der Waals surface area contributed by atoms with E-state index < -0.39 is 0 Å². The highest BCUT2D eigenvalue weighted by molar-refractivity contribution is 5.83. The van der Waals surface area contributed by atoms with Gasteiger partial charge in [-0.25, -0.2) is 0 Å². The van der Waals surface area contributed by atoms with Crippen LogP contribution in [0.1, 0.15) is 30.5 Å². The van der Waals surface area contributed by atoms with E-state index in [1.54, 1.807) is 0 Å². The SMILES string of the molecule is Cc1noc2c(C3(CN)CCC3)cccc12. The largest absolute Gasteiger partial charge is 0.356 e. The molecule has 1 fully saturated rings. The summed E-state index contributed by atoms with van der Waals surface area (Å²) in [5.74, 6) is 0. The smallest absolute Gasteiger partial charge is 0.170 e. The van der Waals surface area contributed by atoms with Gasteiger partial charge in [-0.3, -0.25) is 0 Å². The third kappa shape index (κ3) is 1.15. The van der Waals surface area contributed by atoms with Crippen molar-refractivity contribution in [2.75, 3.05) is 6.54 Å². The Kier molecular flexibility index (Phi) is 2.04. The number of aryl methyl sites for hydroxylation is 1. The monoisotopic (exact) mass is 216 g/mol. The molecule has 0 spiro atoms. The molecule has 1 saturated carbocycles. The minimum Gasteiger partial charge on any atom is -0.356 e. The van der Waals surface area contributed by atoms with Gasteiger partial charge in [-0.05, 0) is 25.8 Å². The molecule has 16 heavy (non-hydrogen) atoms. The molecule has 1 heterocycles. The van der Waals surface area contributed by atoms with Crippen LogP contribution >= 0.6 is 0 Å². The molecule has 0 amide bonds. The maximum atomic E-state index is 5.94. The summed E-state index contributed by atoms with van der Waals surface area (Å²) in [6.45, 7) is 2.68. The molecule has 0 unspecified atom stereocenters. The third-order valence-electron chi connectivity index (χ3n) is 3.95. The molecular weight excluding hydrogens is 200 g/mol. The first-order valence-electron chi connectivity index (χ1n) is 5.82. The zero-order chi connectivity index (χ0) is 11.2. The van der Waals surface area contributed by atoms with Crippen LogP contribution in [0.25, 0.3) is 11.0 Å². The Morgan fingerprint density at radius 1 is 1.44 bits per heavy atom. The van der Waals surface area contributed by atoms with Crippen LogP contribution in [-0.4, -0.2) is 11.7 Å². The maximum Gasteiger partial charge on any atom is 0.170 e. The van der Waals surface area contributed by atoms with E-state index in [-0.39, 0.29) is 5.41 Å². The highest BCUT2D eigenvalue weighted by Gasteiger charge is 2.39.